The van der Waals surface area contributed by atoms with Gasteiger partial charge in [-0.25, -0.2) is 4.98 Å². The summed E-state index contributed by atoms with van der Waals surface area (Å²) < 4.78 is 3.01. The van der Waals surface area contributed by atoms with Gasteiger partial charge in [-0.05, 0) is 36.8 Å². The summed E-state index contributed by atoms with van der Waals surface area (Å²) in [4.78, 5) is 4.39. The molecule has 0 unspecified atom stereocenters. The second kappa shape index (κ2) is 4.14. The number of nitrogen functional groups attached to an aromatic ring is 1. The van der Waals surface area contributed by atoms with Crippen molar-refractivity contribution in [2.24, 2.45) is 0 Å². The lowest BCUT2D eigenvalue weighted by atomic mass is 10.2. The van der Waals surface area contributed by atoms with Crippen LogP contribution in [0.25, 0.3) is 16.7 Å². The maximum Gasteiger partial charge on any atom is 0.205 e. The highest BCUT2D eigenvalue weighted by molar-refractivity contribution is 9.10. The van der Waals surface area contributed by atoms with E-state index < -0.39 is 0 Å². The number of anilines is 1. The van der Waals surface area contributed by atoms with Crippen molar-refractivity contribution in [2.75, 3.05) is 5.73 Å². The Morgan fingerprint density at radius 3 is 2.78 bits per heavy atom. The summed E-state index contributed by atoms with van der Waals surface area (Å²) in [6.45, 7) is 2.07. The molecule has 0 aliphatic carbocycles. The maximum absolute atomic E-state index is 6.04. The summed E-state index contributed by atoms with van der Waals surface area (Å²) in [5, 5.41) is 0. The van der Waals surface area contributed by atoms with Gasteiger partial charge in [0.1, 0.15) is 0 Å². The first-order valence-corrected chi connectivity index (χ1v) is 6.45. The third-order valence-corrected chi connectivity index (χ3v) is 3.49. The standard InChI is InChI=1S/C14H12BrN3/c1-9-6-7-10(15)8-13(9)18-12-5-3-2-4-11(12)17-14(18)16/h2-8H,1H3,(H2,16,17). The molecule has 1 aromatic heterocycles. The van der Waals surface area contributed by atoms with Crippen molar-refractivity contribution < 1.29 is 0 Å². The molecule has 2 aromatic carbocycles. The predicted octanol–water partition coefficient (Wildman–Crippen LogP) is 3.68. The van der Waals surface area contributed by atoms with Crippen molar-refractivity contribution in [3.63, 3.8) is 0 Å². The molecular weight excluding hydrogens is 290 g/mol. The van der Waals surface area contributed by atoms with Crippen LogP contribution in [0.4, 0.5) is 5.95 Å². The largest absolute Gasteiger partial charge is 0.369 e. The second-order valence-electron chi connectivity index (χ2n) is 4.22. The van der Waals surface area contributed by atoms with Gasteiger partial charge in [-0.3, -0.25) is 4.57 Å². The predicted molar refractivity (Wildman–Crippen MR) is 77.9 cm³/mol. The average molecular weight is 302 g/mol. The fourth-order valence-electron chi connectivity index (χ4n) is 2.12. The molecule has 18 heavy (non-hydrogen) atoms. The van der Waals surface area contributed by atoms with E-state index in [1.807, 2.05) is 34.9 Å². The van der Waals surface area contributed by atoms with Crippen molar-refractivity contribution in [1.82, 2.24) is 9.55 Å². The zero-order chi connectivity index (χ0) is 12.7. The topological polar surface area (TPSA) is 43.8 Å². The van der Waals surface area contributed by atoms with Gasteiger partial charge in [0.15, 0.2) is 0 Å². The number of para-hydroxylation sites is 2. The van der Waals surface area contributed by atoms with Crippen molar-refractivity contribution in [3.8, 4) is 5.69 Å². The molecule has 3 nitrogen and oxygen atoms in total. The second-order valence-corrected chi connectivity index (χ2v) is 5.14. The molecule has 0 aliphatic rings. The summed E-state index contributed by atoms with van der Waals surface area (Å²) in [6.07, 6.45) is 0. The minimum atomic E-state index is 0.511. The Balaban J connectivity index is 2.37. The molecule has 1 heterocycles. The van der Waals surface area contributed by atoms with E-state index in [4.69, 9.17) is 5.73 Å². The number of nitrogens with zero attached hydrogens (tertiary/aromatic N) is 2. The van der Waals surface area contributed by atoms with Gasteiger partial charge in [-0.2, -0.15) is 0 Å². The van der Waals surface area contributed by atoms with Crippen LogP contribution in [0.1, 0.15) is 5.56 Å². The van der Waals surface area contributed by atoms with Gasteiger partial charge in [0.25, 0.3) is 0 Å². The lowest BCUT2D eigenvalue weighted by molar-refractivity contribution is 1.09. The highest BCUT2D eigenvalue weighted by Crippen LogP contribution is 2.27. The fraction of sp³-hybridized carbons (Fsp3) is 0.0714. The quantitative estimate of drug-likeness (QED) is 0.745. The lowest BCUT2D eigenvalue weighted by Crippen LogP contribution is -2.02. The van der Waals surface area contributed by atoms with Crippen LogP contribution in [0.15, 0.2) is 46.9 Å². The van der Waals surface area contributed by atoms with Crippen molar-refractivity contribution in [2.45, 2.75) is 6.92 Å². The molecule has 0 radical (unpaired) electrons. The molecule has 0 amide bonds. The molecule has 0 spiro atoms. The molecule has 0 bridgehead atoms. The number of aryl methyl sites for hydroxylation is 1. The molecule has 0 aliphatic heterocycles. The Morgan fingerprint density at radius 1 is 1.17 bits per heavy atom. The van der Waals surface area contributed by atoms with Crippen molar-refractivity contribution in [1.29, 1.82) is 0 Å². The van der Waals surface area contributed by atoms with Crippen LogP contribution in [0.5, 0.6) is 0 Å². The van der Waals surface area contributed by atoms with Crippen molar-refractivity contribution in [3.05, 3.63) is 52.5 Å². The minimum absolute atomic E-state index is 0.511. The molecule has 0 saturated carbocycles. The van der Waals surface area contributed by atoms with Gasteiger partial charge in [-0.15, -0.1) is 0 Å². The normalized spacial score (nSPS) is 11.0. The van der Waals surface area contributed by atoms with Crippen LogP contribution in [0.2, 0.25) is 0 Å². The molecule has 3 rings (SSSR count). The van der Waals surface area contributed by atoms with Gasteiger partial charge >= 0.3 is 0 Å². The van der Waals surface area contributed by atoms with E-state index in [-0.39, 0.29) is 0 Å². The summed E-state index contributed by atoms with van der Waals surface area (Å²) in [5.41, 5.74) is 10.2. The Bertz CT molecular complexity index is 731. The number of hydrogen-bond acceptors (Lipinski definition) is 2. The number of rotatable bonds is 1. The first kappa shape index (κ1) is 11.3. The number of benzene rings is 2. The molecule has 0 atom stereocenters. The minimum Gasteiger partial charge on any atom is -0.369 e. The van der Waals surface area contributed by atoms with Gasteiger partial charge < -0.3 is 5.73 Å². The van der Waals surface area contributed by atoms with E-state index in [9.17, 15) is 0 Å². The van der Waals surface area contributed by atoms with Crippen LogP contribution in [-0.2, 0) is 0 Å². The first-order chi connectivity index (χ1) is 8.66. The fourth-order valence-corrected chi connectivity index (χ4v) is 2.47. The van der Waals surface area contributed by atoms with Crippen LogP contribution in [0.3, 0.4) is 0 Å². The number of hydrogen-bond donors (Lipinski definition) is 1. The molecule has 0 fully saturated rings. The SMILES string of the molecule is Cc1ccc(Br)cc1-n1c(N)nc2ccccc21. The summed E-state index contributed by atoms with van der Waals surface area (Å²) in [7, 11) is 0. The van der Waals surface area contributed by atoms with E-state index in [0.717, 1.165) is 26.8 Å². The maximum atomic E-state index is 6.04. The van der Waals surface area contributed by atoms with E-state index in [2.05, 4.69) is 40.0 Å². The van der Waals surface area contributed by atoms with E-state index >= 15 is 0 Å². The number of aromatic nitrogens is 2. The molecule has 3 aromatic rings. The molecular formula is C14H12BrN3. The average Bonchev–Trinajstić information content (AvgIpc) is 2.68. The Morgan fingerprint density at radius 2 is 1.94 bits per heavy atom. The molecule has 2 N–H and O–H groups in total. The van der Waals surface area contributed by atoms with Gasteiger partial charge in [0.2, 0.25) is 5.95 Å². The van der Waals surface area contributed by atoms with Crippen LogP contribution in [-0.4, -0.2) is 9.55 Å². The molecule has 4 heteroatoms. The van der Waals surface area contributed by atoms with Gasteiger partial charge in [0.05, 0.1) is 16.7 Å². The molecule has 90 valence electrons. The number of halogens is 1. The smallest absolute Gasteiger partial charge is 0.205 e. The van der Waals surface area contributed by atoms with E-state index in [1.165, 1.54) is 0 Å². The van der Waals surface area contributed by atoms with Crippen LogP contribution >= 0.6 is 15.9 Å². The highest BCUT2D eigenvalue weighted by atomic mass is 79.9. The van der Waals surface area contributed by atoms with Gasteiger partial charge in [0, 0.05) is 4.47 Å². The monoisotopic (exact) mass is 301 g/mol. The van der Waals surface area contributed by atoms with Crippen LogP contribution in [0, 0.1) is 6.92 Å². The van der Waals surface area contributed by atoms with Crippen LogP contribution < -0.4 is 5.73 Å². The third kappa shape index (κ3) is 1.69. The summed E-state index contributed by atoms with van der Waals surface area (Å²) in [6, 6.07) is 14.1. The number of imidazole rings is 1. The molecule has 0 saturated heterocycles. The first-order valence-electron chi connectivity index (χ1n) is 5.66. The lowest BCUT2D eigenvalue weighted by Gasteiger charge is -2.10. The van der Waals surface area contributed by atoms with Crippen molar-refractivity contribution >= 4 is 32.9 Å². The number of fused-ring (bicyclic) bond motifs is 1. The Hall–Kier alpha value is -1.81. The zero-order valence-electron chi connectivity index (χ0n) is 9.89. The highest BCUT2D eigenvalue weighted by Gasteiger charge is 2.11. The van der Waals surface area contributed by atoms with E-state index in [1.54, 1.807) is 0 Å². The third-order valence-electron chi connectivity index (χ3n) is 3.00. The summed E-state index contributed by atoms with van der Waals surface area (Å²) >= 11 is 3.50. The zero-order valence-corrected chi connectivity index (χ0v) is 11.5. The Kier molecular flexibility index (Phi) is 2.59. The van der Waals surface area contributed by atoms with Gasteiger partial charge in [-0.1, -0.05) is 34.1 Å². The number of nitrogens with two attached hydrogens (primary N) is 1. The summed E-state index contributed by atoms with van der Waals surface area (Å²) in [5.74, 6) is 0.511. The Labute approximate surface area is 113 Å². The van der Waals surface area contributed by atoms with E-state index in [0.29, 0.717) is 5.95 Å².